The Morgan fingerprint density at radius 1 is 1.14 bits per heavy atom. The highest BCUT2D eigenvalue weighted by Gasteiger charge is 2.07. The summed E-state index contributed by atoms with van der Waals surface area (Å²) in [6, 6.07) is 15.5. The lowest BCUT2D eigenvalue weighted by molar-refractivity contribution is 0.0956. The molecule has 0 radical (unpaired) electrons. The molecule has 21 heavy (non-hydrogen) atoms. The van der Waals surface area contributed by atoms with Gasteiger partial charge < -0.3 is 16.4 Å². The van der Waals surface area contributed by atoms with Crippen LogP contribution in [0.5, 0.6) is 0 Å². The van der Waals surface area contributed by atoms with E-state index >= 15 is 0 Å². The van der Waals surface area contributed by atoms with E-state index in [1.165, 1.54) is 5.56 Å². The van der Waals surface area contributed by atoms with E-state index in [4.69, 9.17) is 5.73 Å². The number of benzene rings is 2. The molecule has 4 nitrogen and oxygen atoms in total. The summed E-state index contributed by atoms with van der Waals surface area (Å²) in [6.07, 6.45) is 0.908. The Bertz CT molecular complexity index is 596. The van der Waals surface area contributed by atoms with Crippen LogP contribution in [0.1, 0.15) is 22.8 Å². The summed E-state index contributed by atoms with van der Waals surface area (Å²) < 4.78 is 0. The zero-order valence-corrected chi connectivity index (χ0v) is 12.2. The van der Waals surface area contributed by atoms with E-state index in [2.05, 4.69) is 22.8 Å². The van der Waals surface area contributed by atoms with Crippen LogP contribution in [0.4, 0.5) is 11.4 Å². The summed E-state index contributed by atoms with van der Waals surface area (Å²) in [5, 5.41) is 6.08. The van der Waals surface area contributed by atoms with Crippen LogP contribution in [0.25, 0.3) is 0 Å². The molecule has 4 N–H and O–H groups in total. The first kappa shape index (κ1) is 14.9. The number of nitrogens with two attached hydrogens (primary N) is 1. The Hall–Kier alpha value is -2.49. The van der Waals surface area contributed by atoms with Gasteiger partial charge in [-0.15, -0.1) is 0 Å². The first-order valence-corrected chi connectivity index (χ1v) is 7.16. The molecule has 0 saturated carbocycles. The molecule has 0 spiro atoms. The molecule has 1 amide bonds. The maximum absolute atomic E-state index is 11.8. The summed E-state index contributed by atoms with van der Waals surface area (Å²) in [4.78, 5) is 11.8. The number of nitrogen functional groups attached to an aromatic ring is 1. The molecule has 0 aromatic heterocycles. The first-order valence-electron chi connectivity index (χ1n) is 7.16. The van der Waals surface area contributed by atoms with Crippen LogP contribution in [0.2, 0.25) is 0 Å². The van der Waals surface area contributed by atoms with Crippen LogP contribution in [0.15, 0.2) is 48.5 Å². The summed E-state index contributed by atoms with van der Waals surface area (Å²) in [6.45, 7) is 3.28. The summed E-state index contributed by atoms with van der Waals surface area (Å²) in [5.41, 5.74) is 9.28. The minimum Gasteiger partial charge on any atom is -0.397 e. The Morgan fingerprint density at radius 2 is 1.90 bits per heavy atom. The zero-order valence-electron chi connectivity index (χ0n) is 12.2. The number of hydrogen-bond acceptors (Lipinski definition) is 3. The molecule has 2 aromatic rings. The van der Waals surface area contributed by atoms with Crippen LogP contribution >= 0.6 is 0 Å². The van der Waals surface area contributed by atoms with Crippen molar-refractivity contribution in [3.63, 3.8) is 0 Å². The van der Waals surface area contributed by atoms with E-state index in [9.17, 15) is 4.79 Å². The van der Waals surface area contributed by atoms with E-state index in [0.717, 1.165) is 18.7 Å². The van der Waals surface area contributed by atoms with Crippen molar-refractivity contribution in [2.45, 2.75) is 13.3 Å². The molecule has 0 unspecified atom stereocenters. The van der Waals surface area contributed by atoms with Gasteiger partial charge >= 0.3 is 0 Å². The number of carbonyl (C=O) groups is 1. The molecule has 0 atom stereocenters. The first-order chi connectivity index (χ1) is 10.2. The predicted molar refractivity (Wildman–Crippen MR) is 87.5 cm³/mol. The molecular weight excluding hydrogens is 262 g/mol. The molecule has 0 aliphatic heterocycles. The maximum atomic E-state index is 11.8. The summed E-state index contributed by atoms with van der Waals surface area (Å²) >= 11 is 0. The molecule has 0 fully saturated rings. The van der Waals surface area contributed by atoms with E-state index in [-0.39, 0.29) is 5.91 Å². The Morgan fingerprint density at radius 3 is 2.62 bits per heavy atom. The number of anilines is 2. The topological polar surface area (TPSA) is 67.2 Å². The molecule has 0 aliphatic carbocycles. The van der Waals surface area contributed by atoms with Gasteiger partial charge in [0.25, 0.3) is 5.91 Å². The van der Waals surface area contributed by atoms with Gasteiger partial charge in [-0.2, -0.15) is 0 Å². The van der Waals surface area contributed by atoms with Crippen LogP contribution in [-0.2, 0) is 6.42 Å². The third-order valence-electron chi connectivity index (χ3n) is 3.22. The van der Waals surface area contributed by atoms with E-state index < -0.39 is 0 Å². The monoisotopic (exact) mass is 283 g/mol. The SMILES string of the molecule is CCNC(=O)c1ccc(N)c(NCCc2ccccc2)c1. The third kappa shape index (κ3) is 4.24. The van der Waals surface area contributed by atoms with Gasteiger partial charge in [-0.25, -0.2) is 0 Å². The van der Waals surface area contributed by atoms with Gasteiger partial charge in [0.2, 0.25) is 0 Å². The average molecular weight is 283 g/mol. The summed E-state index contributed by atoms with van der Waals surface area (Å²) in [7, 11) is 0. The number of carbonyl (C=O) groups excluding carboxylic acids is 1. The lowest BCUT2D eigenvalue weighted by atomic mass is 10.1. The van der Waals surface area contributed by atoms with Gasteiger partial charge in [-0.3, -0.25) is 4.79 Å². The molecule has 2 rings (SSSR count). The lowest BCUT2D eigenvalue weighted by Crippen LogP contribution is -2.22. The molecule has 0 saturated heterocycles. The Kier molecular flexibility index (Phi) is 5.21. The molecule has 0 heterocycles. The van der Waals surface area contributed by atoms with Crippen molar-refractivity contribution in [2.75, 3.05) is 24.1 Å². The number of nitrogens with one attached hydrogen (secondary N) is 2. The van der Waals surface area contributed by atoms with Crippen LogP contribution in [-0.4, -0.2) is 19.0 Å². The van der Waals surface area contributed by atoms with Gasteiger partial charge in [-0.1, -0.05) is 30.3 Å². The number of hydrogen-bond donors (Lipinski definition) is 3. The van der Waals surface area contributed by atoms with Crippen molar-refractivity contribution in [3.05, 3.63) is 59.7 Å². The van der Waals surface area contributed by atoms with Gasteiger partial charge in [-0.05, 0) is 37.1 Å². The second kappa shape index (κ2) is 7.33. The Labute approximate surface area is 125 Å². The van der Waals surface area contributed by atoms with Crippen molar-refractivity contribution >= 4 is 17.3 Å². The smallest absolute Gasteiger partial charge is 0.251 e. The minimum atomic E-state index is -0.0800. The van der Waals surface area contributed by atoms with Crippen molar-refractivity contribution in [1.29, 1.82) is 0 Å². The van der Waals surface area contributed by atoms with Gasteiger partial charge in [0.1, 0.15) is 0 Å². The number of rotatable bonds is 6. The van der Waals surface area contributed by atoms with Crippen molar-refractivity contribution in [3.8, 4) is 0 Å². The second-order valence-electron chi connectivity index (χ2n) is 4.82. The van der Waals surface area contributed by atoms with Crippen molar-refractivity contribution < 1.29 is 4.79 Å². The average Bonchev–Trinajstić information content (AvgIpc) is 2.50. The fourth-order valence-corrected chi connectivity index (χ4v) is 2.10. The highest BCUT2D eigenvalue weighted by Crippen LogP contribution is 2.20. The van der Waals surface area contributed by atoms with Gasteiger partial charge in [0.15, 0.2) is 0 Å². The molecule has 110 valence electrons. The Balaban J connectivity index is 1.99. The fraction of sp³-hybridized carbons (Fsp3) is 0.235. The third-order valence-corrected chi connectivity index (χ3v) is 3.22. The molecule has 2 aromatic carbocycles. The minimum absolute atomic E-state index is 0.0800. The van der Waals surface area contributed by atoms with Crippen LogP contribution in [0, 0.1) is 0 Å². The molecule has 0 aliphatic rings. The van der Waals surface area contributed by atoms with E-state index in [0.29, 0.717) is 17.8 Å². The standard InChI is InChI=1S/C17H21N3O/c1-2-19-17(21)14-8-9-15(18)16(12-14)20-11-10-13-6-4-3-5-7-13/h3-9,12,20H,2,10-11,18H2,1H3,(H,19,21). The summed E-state index contributed by atoms with van der Waals surface area (Å²) in [5.74, 6) is -0.0800. The van der Waals surface area contributed by atoms with Gasteiger partial charge in [0.05, 0.1) is 11.4 Å². The second-order valence-corrected chi connectivity index (χ2v) is 4.82. The van der Waals surface area contributed by atoms with Crippen molar-refractivity contribution in [1.82, 2.24) is 5.32 Å². The highest BCUT2D eigenvalue weighted by atomic mass is 16.1. The largest absolute Gasteiger partial charge is 0.397 e. The molecule has 0 bridgehead atoms. The van der Waals surface area contributed by atoms with Crippen LogP contribution < -0.4 is 16.4 Å². The zero-order chi connectivity index (χ0) is 15.1. The quantitative estimate of drug-likeness (QED) is 0.714. The van der Waals surface area contributed by atoms with Crippen LogP contribution in [0.3, 0.4) is 0 Å². The lowest BCUT2D eigenvalue weighted by Gasteiger charge is -2.11. The molecule has 4 heteroatoms. The predicted octanol–water partition coefficient (Wildman–Crippen LogP) is 2.67. The van der Waals surface area contributed by atoms with Crippen molar-refractivity contribution in [2.24, 2.45) is 0 Å². The van der Waals surface area contributed by atoms with E-state index in [1.54, 1.807) is 18.2 Å². The van der Waals surface area contributed by atoms with E-state index in [1.807, 2.05) is 25.1 Å². The number of amides is 1. The van der Waals surface area contributed by atoms with Gasteiger partial charge in [0, 0.05) is 18.7 Å². The maximum Gasteiger partial charge on any atom is 0.251 e. The highest BCUT2D eigenvalue weighted by molar-refractivity contribution is 5.96. The fourth-order valence-electron chi connectivity index (χ4n) is 2.10. The normalized spacial score (nSPS) is 10.1. The molecular formula is C17H21N3O.